The molecule has 21 heavy (non-hydrogen) atoms. The Kier molecular flexibility index (Phi) is 20.8. The fraction of sp³-hybridized carbons (Fsp3) is 0.846. The van der Waals surface area contributed by atoms with E-state index >= 15 is 0 Å². The Morgan fingerprint density at radius 1 is 1.00 bits per heavy atom. The number of hydrogen-bond donors (Lipinski definition) is 2. The van der Waals surface area contributed by atoms with Crippen LogP contribution in [0.5, 0.6) is 0 Å². The van der Waals surface area contributed by atoms with Gasteiger partial charge in [-0.1, -0.05) is 28.7 Å². The quantitative estimate of drug-likeness (QED) is 0.464. The number of aliphatic carboxylic acids is 2. The summed E-state index contributed by atoms with van der Waals surface area (Å²) in [6.07, 6.45) is 2.21. The van der Waals surface area contributed by atoms with Crippen molar-refractivity contribution in [1.29, 1.82) is 0 Å². The second-order valence-electron chi connectivity index (χ2n) is 3.71. The van der Waals surface area contributed by atoms with Crippen LogP contribution in [-0.4, -0.2) is 49.1 Å². The van der Waals surface area contributed by atoms with Gasteiger partial charge in [-0.2, -0.15) is 0 Å². The van der Waals surface area contributed by atoms with Crippen LogP contribution < -0.4 is 0 Å². The van der Waals surface area contributed by atoms with E-state index in [-0.39, 0.29) is 28.7 Å². The van der Waals surface area contributed by atoms with E-state index in [1.165, 1.54) is 7.05 Å². The summed E-state index contributed by atoms with van der Waals surface area (Å²) in [4.78, 5) is 20.7. The first-order chi connectivity index (χ1) is 8.39. The number of carboxylic acids is 2. The minimum absolute atomic E-state index is 0. The van der Waals surface area contributed by atoms with Gasteiger partial charge in [-0.05, 0) is 12.8 Å². The van der Waals surface area contributed by atoms with E-state index in [1.54, 1.807) is 6.66 Å². The Morgan fingerprint density at radius 3 is 2.00 bits per heavy atom. The summed E-state index contributed by atoms with van der Waals surface area (Å²) in [5, 5.41) is 16.9. The van der Waals surface area contributed by atoms with Crippen LogP contribution in [0.2, 0.25) is 0 Å². The van der Waals surface area contributed by atoms with Crippen LogP contribution in [0.15, 0.2) is 4.74 Å². The van der Waals surface area contributed by atoms with Crippen LogP contribution >= 0.6 is 7.51 Å². The minimum atomic E-state index is -2.44. The molecule has 0 bridgehead atoms. The van der Waals surface area contributed by atoms with Crippen LogP contribution in [0.3, 0.4) is 0 Å². The lowest BCUT2D eigenvalue weighted by Gasteiger charge is -2.18. The Labute approximate surface area is 128 Å². The summed E-state index contributed by atoms with van der Waals surface area (Å²) in [6.45, 7) is 1.61. The van der Waals surface area contributed by atoms with E-state index < -0.39 is 26.1 Å². The molecule has 130 valence electrons. The van der Waals surface area contributed by atoms with Crippen LogP contribution in [-0.2, 0) is 18.6 Å². The van der Waals surface area contributed by atoms with Crippen LogP contribution in [0.25, 0.3) is 0 Å². The predicted octanol–water partition coefficient (Wildman–Crippen LogP) is 3.95. The molecule has 0 aliphatic carbocycles. The van der Waals surface area contributed by atoms with Gasteiger partial charge in [0.15, 0.2) is 6.61 Å². The summed E-state index contributed by atoms with van der Waals surface area (Å²) in [5.41, 5.74) is 0. The van der Waals surface area contributed by atoms with E-state index in [0.29, 0.717) is 19.4 Å². The third-order valence-corrected chi connectivity index (χ3v) is 4.15. The van der Waals surface area contributed by atoms with Gasteiger partial charge in [0.2, 0.25) is 7.51 Å². The van der Waals surface area contributed by atoms with Crippen molar-refractivity contribution in [2.24, 2.45) is 4.74 Å². The minimum Gasteiger partial charge on any atom is -0.481 e. The molecule has 0 fully saturated rings. The SMILES string of the molecule is C.C.C.CN=P(C)(OCCCCCC(=O)O)OCC(=O)O. The average Bonchev–Trinajstić information content (AvgIpc) is 2.31. The average molecular weight is 329 g/mol. The Hall–Kier alpha value is -0.910. The lowest BCUT2D eigenvalue weighted by atomic mass is 10.2. The third-order valence-electron chi connectivity index (χ3n) is 2.16. The molecule has 0 radical (unpaired) electrons. The maximum Gasteiger partial charge on any atom is 0.330 e. The largest absolute Gasteiger partial charge is 0.481 e. The van der Waals surface area contributed by atoms with Gasteiger partial charge in [-0.25, -0.2) is 4.79 Å². The second kappa shape index (κ2) is 15.5. The number of rotatable bonds is 10. The number of carboxylic acid groups (broad SMARTS) is 2. The summed E-state index contributed by atoms with van der Waals surface area (Å²) in [6, 6.07) is 0. The van der Waals surface area contributed by atoms with Crippen molar-refractivity contribution in [3.05, 3.63) is 0 Å². The molecule has 0 spiro atoms. The van der Waals surface area contributed by atoms with Crippen molar-refractivity contribution < 1.29 is 28.8 Å². The molecule has 2 N–H and O–H groups in total. The molecule has 0 aromatic rings. The zero-order valence-electron chi connectivity index (χ0n) is 10.7. The van der Waals surface area contributed by atoms with Crippen molar-refractivity contribution in [1.82, 2.24) is 0 Å². The molecular formula is C13H32NO6P. The van der Waals surface area contributed by atoms with Gasteiger partial charge >= 0.3 is 11.9 Å². The van der Waals surface area contributed by atoms with E-state index in [0.717, 1.165) is 6.42 Å². The topological polar surface area (TPSA) is 105 Å². The highest BCUT2D eigenvalue weighted by Gasteiger charge is 2.15. The summed E-state index contributed by atoms with van der Waals surface area (Å²) in [5.74, 6) is -1.86. The van der Waals surface area contributed by atoms with Crippen LogP contribution in [0, 0.1) is 0 Å². The lowest BCUT2D eigenvalue weighted by Crippen LogP contribution is -2.07. The molecule has 0 aliphatic heterocycles. The highest BCUT2D eigenvalue weighted by atomic mass is 31.2. The van der Waals surface area contributed by atoms with Gasteiger partial charge in [0.05, 0.1) is 6.61 Å². The van der Waals surface area contributed by atoms with E-state index in [4.69, 9.17) is 19.3 Å². The van der Waals surface area contributed by atoms with Gasteiger partial charge in [0.1, 0.15) is 0 Å². The molecule has 0 aromatic heterocycles. The van der Waals surface area contributed by atoms with Gasteiger partial charge in [-0.15, -0.1) is 0 Å². The monoisotopic (exact) mass is 329 g/mol. The van der Waals surface area contributed by atoms with Crippen molar-refractivity contribution >= 4 is 19.4 Å². The molecular weight excluding hydrogens is 297 g/mol. The summed E-state index contributed by atoms with van der Waals surface area (Å²) >= 11 is 0. The highest BCUT2D eigenvalue weighted by Crippen LogP contribution is 2.47. The Balaban J connectivity index is -0.000000482. The molecule has 0 aliphatic rings. The Bertz CT molecular complexity index is 333. The standard InChI is InChI=1S/C10H20NO6P.3CH4/c1-11-18(2,17-8-10(14)15)16-7-5-3-4-6-9(12)13;;;/h3-8H2,1-2H3,(H,12,13)(H,14,15);3*1H4. The number of nitrogens with zero attached hydrogens (tertiary/aromatic N) is 1. The molecule has 0 aromatic carbocycles. The lowest BCUT2D eigenvalue weighted by molar-refractivity contribution is -0.139. The van der Waals surface area contributed by atoms with E-state index in [1.807, 2.05) is 0 Å². The second-order valence-corrected chi connectivity index (χ2v) is 6.23. The Morgan fingerprint density at radius 2 is 1.57 bits per heavy atom. The predicted molar refractivity (Wildman–Crippen MR) is 87.0 cm³/mol. The molecule has 0 saturated heterocycles. The third kappa shape index (κ3) is 17.0. The first kappa shape index (κ1) is 28.3. The van der Waals surface area contributed by atoms with Gasteiger partial charge in [0.25, 0.3) is 0 Å². The number of carbonyl (C=O) groups is 2. The van der Waals surface area contributed by atoms with Crippen molar-refractivity contribution in [2.45, 2.75) is 48.0 Å². The first-order valence-corrected chi connectivity index (χ1v) is 7.62. The molecule has 0 amide bonds. The molecule has 1 atom stereocenters. The van der Waals surface area contributed by atoms with Gasteiger partial charge in [-0.3, -0.25) is 9.54 Å². The fourth-order valence-electron chi connectivity index (χ4n) is 1.12. The number of unbranched alkanes of at least 4 members (excludes halogenated alkanes) is 2. The molecule has 0 saturated carbocycles. The van der Waals surface area contributed by atoms with Crippen molar-refractivity contribution in [2.75, 3.05) is 26.9 Å². The van der Waals surface area contributed by atoms with Crippen molar-refractivity contribution in [3.63, 3.8) is 0 Å². The van der Waals surface area contributed by atoms with E-state index in [2.05, 4.69) is 4.74 Å². The normalized spacial score (nSPS) is 11.9. The maximum absolute atomic E-state index is 10.4. The first-order valence-electron chi connectivity index (χ1n) is 5.60. The molecule has 0 heterocycles. The molecule has 1 unspecified atom stereocenters. The summed E-state index contributed by atoms with van der Waals surface area (Å²) < 4.78 is 14.5. The highest BCUT2D eigenvalue weighted by molar-refractivity contribution is 7.55. The molecule has 7 nitrogen and oxygen atoms in total. The zero-order chi connectivity index (χ0) is 14.0. The van der Waals surface area contributed by atoms with Gasteiger partial charge < -0.3 is 19.3 Å². The van der Waals surface area contributed by atoms with Crippen LogP contribution in [0.1, 0.15) is 48.0 Å². The van der Waals surface area contributed by atoms with Gasteiger partial charge in [0, 0.05) is 20.1 Å². The molecule has 8 heteroatoms. The fourth-order valence-corrected chi connectivity index (χ4v) is 2.24. The number of hydrogen-bond acceptors (Lipinski definition) is 5. The summed E-state index contributed by atoms with van der Waals surface area (Å²) in [7, 11) is -0.916. The van der Waals surface area contributed by atoms with Crippen molar-refractivity contribution in [3.8, 4) is 0 Å². The van der Waals surface area contributed by atoms with E-state index in [9.17, 15) is 9.59 Å². The molecule has 0 rings (SSSR count). The maximum atomic E-state index is 10.4. The smallest absolute Gasteiger partial charge is 0.330 e. The zero-order valence-corrected chi connectivity index (χ0v) is 11.6. The van der Waals surface area contributed by atoms with Crippen LogP contribution in [0.4, 0.5) is 0 Å².